The summed E-state index contributed by atoms with van der Waals surface area (Å²) in [6.45, 7) is 1.48. The SMILES string of the molecule is NCCCCn1nnnc1-c1ccc2ncccc2c1. The minimum Gasteiger partial charge on any atom is -0.330 e. The number of rotatable bonds is 5. The molecular formula is C14H16N6. The molecule has 0 fully saturated rings. The Kier molecular flexibility index (Phi) is 3.64. The molecule has 3 aromatic rings. The van der Waals surface area contributed by atoms with Crippen molar-refractivity contribution in [2.45, 2.75) is 19.4 Å². The largest absolute Gasteiger partial charge is 0.330 e. The van der Waals surface area contributed by atoms with Gasteiger partial charge in [-0.25, -0.2) is 4.68 Å². The van der Waals surface area contributed by atoms with E-state index in [2.05, 4.69) is 26.6 Å². The molecular weight excluding hydrogens is 252 g/mol. The molecule has 102 valence electrons. The first-order valence-electron chi connectivity index (χ1n) is 6.70. The lowest BCUT2D eigenvalue weighted by atomic mass is 10.1. The van der Waals surface area contributed by atoms with E-state index in [9.17, 15) is 0 Å². The molecule has 0 aliphatic rings. The molecule has 0 saturated heterocycles. The maximum atomic E-state index is 5.51. The fraction of sp³-hybridized carbons (Fsp3) is 0.286. The summed E-state index contributed by atoms with van der Waals surface area (Å²) in [5, 5.41) is 13.0. The maximum Gasteiger partial charge on any atom is 0.182 e. The first-order chi connectivity index (χ1) is 9.88. The Balaban J connectivity index is 1.92. The van der Waals surface area contributed by atoms with Crippen LogP contribution in [0.2, 0.25) is 0 Å². The number of benzene rings is 1. The number of tetrazole rings is 1. The molecule has 0 unspecified atom stereocenters. The van der Waals surface area contributed by atoms with Gasteiger partial charge in [-0.05, 0) is 54.1 Å². The van der Waals surface area contributed by atoms with Crippen molar-refractivity contribution in [2.24, 2.45) is 5.73 Å². The zero-order chi connectivity index (χ0) is 13.8. The summed E-state index contributed by atoms with van der Waals surface area (Å²) < 4.78 is 1.83. The Labute approximate surface area is 116 Å². The minimum absolute atomic E-state index is 0.694. The number of fused-ring (bicyclic) bond motifs is 1. The smallest absolute Gasteiger partial charge is 0.182 e. The van der Waals surface area contributed by atoms with E-state index in [1.165, 1.54) is 0 Å². The highest BCUT2D eigenvalue weighted by molar-refractivity contribution is 5.82. The van der Waals surface area contributed by atoms with Crippen LogP contribution in [0.25, 0.3) is 22.3 Å². The highest BCUT2D eigenvalue weighted by Crippen LogP contribution is 2.21. The fourth-order valence-corrected chi connectivity index (χ4v) is 2.18. The molecule has 0 bridgehead atoms. The first kappa shape index (κ1) is 12.7. The number of aryl methyl sites for hydroxylation is 1. The summed E-state index contributed by atoms with van der Waals surface area (Å²) in [4.78, 5) is 4.31. The summed E-state index contributed by atoms with van der Waals surface area (Å²) in [5.74, 6) is 0.785. The van der Waals surface area contributed by atoms with Gasteiger partial charge in [-0.1, -0.05) is 6.07 Å². The van der Waals surface area contributed by atoms with Crippen LogP contribution in [0, 0.1) is 0 Å². The Morgan fingerprint density at radius 1 is 1.15 bits per heavy atom. The Morgan fingerprint density at radius 3 is 3.00 bits per heavy atom. The van der Waals surface area contributed by atoms with Crippen molar-refractivity contribution in [3.63, 3.8) is 0 Å². The number of hydrogen-bond acceptors (Lipinski definition) is 5. The lowest BCUT2D eigenvalue weighted by Gasteiger charge is -2.05. The van der Waals surface area contributed by atoms with Crippen molar-refractivity contribution in [3.05, 3.63) is 36.5 Å². The van der Waals surface area contributed by atoms with E-state index in [1.807, 2.05) is 28.9 Å². The number of aromatic nitrogens is 5. The van der Waals surface area contributed by atoms with Crippen molar-refractivity contribution in [1.82, 2.24) is 25.2 Å². The predicted molar refractivity (Wildman–Crippen MR) is 76.8 cm³/mol. The van der Waals surface area contributed by atoms with Crippen molar-refractivity contribution >= 4 is 10.9 Å². The predicted octanol–water partition coefficient (Wildman–Crippen LogP) is 1.63. The standard InChI is InChI=1S/C14H16N6/c15-7-1-2-9-20-14(17-18-19-20)12-5-6-13-11(10-12)4-3-8-16-13/h3-6,8,10H,1-2,7,9,15H2. The number of nitrogens with zero attached hydrogens (tertiary/aromatic N) is 5. The number of hydrogen-bond donors (Lipinski definition) is 1. The zero-order valence-electron chi connectivity index (χ0n) is 11.1. The molecule has 20 heavy (non-hydrogen) atoms. The van der Waals surface area contributed by atoms with Crippen LogP contribution in [0.15, 0.2) is 36.5 Å². The normalized spacial score (nSPS) is 11.1. The van der Waals surface area contributed by atoms with Gasteiger partial charge in [0.15, 0.2) is 5.82 Å². The maximum absolute atomic E-state index is 5.51. The quantitative estimate of drug-likeness (QED) is 0.711. The van der Waals surface area contributed by atoms with Gasteiger partial charge in [0.25, 0.3) is 0 Å². The summed E-state index contributed by atoms with van der Waals surface area (Å²) in [5.41, 5.74) is 7.49. The summed E-state index contributed by atoms with van der Waals surface area (Å²) >= 11 is 0. The molecule has 0 spiro atoms. The van der Waals surface area contributed by atoms with E-state index in [4.69, 9.17) is 5.73 Å². The van der Waals surface area contributed by atoms with Gasteiger partial charge in [-0.3, -0.25) is 4.98 Å². The first-order valence-corrected chi connectivity index (χ1v) is 6.70. The van der Waals surface area contributed by atoms with Crippen LogP contribution in [0.3, 0.4) is 0 Å². The van der Waals surface area contributed by atoms with E-state index in [0.29, 0.717) is 6.54 Å². The molecule has 2 N–H and O–H groups in total. The van der Waals surface area contributed by atoms with Crippen molar-refractivity contribution < 1.29 is 0 Å². The second-order valence-corrected chi connectivity index (χ2v) is 4.63. The van der Waals surface area contributed by atoms with Crippen LogP contribution < -0.4 is 5.73 Å². The third-order valence-electron chi connectivity index (χ3n) is 3.22. The van der Waals surface area contributed by atoms with E-state index in [0.717, 1.165) is 41.7 Å². The van der Waals surface area contributed by atoms with Crippen LogP contribution in [0.4, 0.5) is 0 Å². The molecule has 0 aliphatic heterocycles. The van der Waals surface area contributed by atoms with Crippen LogP contribution in [0.1, 0.15) is 12.8 Å². The van der Waals surface area contributed by atoms with Gasteiger partial charge in [0.1, 0.15) is 0 Å². The van der Waals surface area contributed by atoms with Gasteiger partial charge in [0.05, 0.1) is 5.52 Å². The van der Waals surface area contributed by atoms with Gasteiger partial charge >= 0.3 is 0 Å². The molecule has 2 heterocycles. The lowest BCUT2D eigenvalue weighted by Crippen LogP contribution is -2.06. The highest BCUT2D eigenvalue weighted by Gasteiger charge is 2.09. The van der Waals surface area contributed by atoms with Gasteiger partial charge in [-0.15, -0.1) is 5.10 Å². The molecule has 1 aromatic carbocycles. The lowest BCUT2D eigenvalue weighted by molar-refractivity contribution is 0.548. The zero-order valence-corrected chi connectivity index (χ0v) is 11.1. The van der Waals surface area contributed by atoms with Crippen LogP contribution in [-0.4, -0.2) is 31.7 Å². The average Bonchev–Trinajstić information content (AvgIpc) is 2.95. The summed E-state index contributed by atoms with van der Waals surface area (Å²) in [7, 11) is 0. The van der Waals surface area contributed by atoms with Gasteiger partial charge in [-0.2, -0.15) is 0 Å². The van der Waals surface area contributed by atoms with E-state index < -0.39 is 0 Å². The van der Waals surface area contributed by atoms with Crippen LogP contribution in [0.5, 0.6) is 0 Å². The minimum atomic E-state index is 0.694. The fourth-order valence-electron chi connectivity index (χ4n) is 2.18. The Hall–Kier alpha value is -2.34. The molecule has 0 saturated carbocycles. The van der Waals surface area contributed by atoms with Crippen molar-refractivity contribution in [3.8, 4) is 11.4 Å². The molecule has 0 atom stereocenters. The van der Waals surface area contributed by atoms with E-state index in [1.54, 1.807) is 6.20 Å². The topological polar surface area (TPSA) is 82.5 Å². The monoisotopic (exact) mass is 268 g/mol. The molecule has 3 rings (SSSR count). The van der Waals surface area contributed by atoms with E-state index >= 15 is 0 Å². The number of nitrogens with two attached hydrogens (primary N) is 1. The molecule has 0 amide bonds. The Bertz CT molecular complexity index is 705. The van der Waals surface area contributed by atoms with Crippen molar-refractivity contribution in [2.75, 3.05) is 6.54 Å². The second kappa shape index (κ2) is 5.75. The molecule has 0 radical (unpaired) electrons. The Morgan fingerprint density at radius 2 is 2.10 bits per heavy atom. The van der Waals surface area contributed by atoms with Gasteiger partial charge < -0.3 is 5.73 Å². The molecule has 6 nitrogen and oxygen atoms in total. The van der Waals surface area contributed by atoms with Crippen LogP contribution >= 0.6 is 0 Å². The summed E-state index contributed by atoms with van der Waals surface area (Å²) in [6.07, 6.45) is 3.74. The van der Waals surface area contributed by atoms with Crippen LogP contribution in [-0.2, 0) is 6.54 Å². The third-order valence-corrected chi connectivity index (χ3v) is 3.22. The van der Waals surface area contributed by atoms with Gasteiger partial charge in [0.2, 0.25) is 0 Å². The number of pyridine rings is 1. The third kappa shape index (κ3) is 2.50. The molecule has 6 heteroatoms. The number of unbranched alkanes of at least 4 members (excludes halogenated alkanes) is 1. The molecule has 0 aliphatic carbocycles. The summed E-state index contributed by atoms with van der Waals surface area (Å²) in [6, 6.07) is 10.0. The molecule has 2 aromatic heterocycles. The van der Waals surface area contributed by atoms with Crippen molar-refractivity contribution in [1.29, 1.82) is 0 Å². The van der Waals surface area contributed by atoms with Gasteiger partial charge in [0, 0.05) is 23.7 Å². The second-order valence-electron chi connectivity index (χ2n) is 4.63. The average molecular weight is 268 g/mol. The van der Waals surface area contributed by atoms with E-state index in [-0.39, 0.29) is 0 Å². The highest BCUT2D eigenvalue weighted by atomic mass is 15.5.